The zero-order chi connectivity index (χ0) is 12.3. The number of hydrogen-bond acceptors (Lipinski definition) is 3. The Kier molecular flexibility index (Phi) is 3.39. The van der Waals surface area contributed by atoms with Gasteiger partial charge in [0, 0.05) is 18.7 Å². The largest absolute Gasteiger partial charge is 0.395 e. The van der Waals surface area contributed by atoms with Gasteiger partial charge < -0.3 is 15.7 Å². The van der Waals surface area contributed by atoms with E-state index in [1.54, 1.807) is 6.07 Å². The van der Waals surface area contributed by atoms with E-state index in [0.29, 0.717) is 5.69 Å². The molecule has 0 saturated heterocycles. The average Bonchev–Trinajstić information content (AvgIpc) is 2.34. The summed E-state index contributed by atoms with van der Waals surface area (Å²) in [6.45, 7) is 0.103. The number of carbonyl (C=O) groups is 2. The Morgan fingerprint density at radius 3 is 3.00 bits per heavy atom. The second kappa shape index (κ2) is 4.97. The smallest absolute Gasteiger partial charge is 0.228 e. The third-order valence-corrected chi connectivity index (χ3v) is 2.73. The van der Waals surface area contributed by atoms with Gasteiger partial charge in [0.05, 0.1) is 12.5 Å². The average molecular weight is 234 g/mol. The molecular formula is C12H14N2O3. The summed E-state index contributed by atoms with van der Waals surface area (Å²) < 4.78 is 0. The Hall–Kier alpha value is -1.88. The van der Waals surface area contributed by atoms with Crippen LogP contribution in [-0.4, -0.2) is 30.1 Å². The van der Waals surface area contributed by atoms with Crippen molar-refractivity contribution in [1.82, 2.24) is 5.32 Å². The van der Waals surface area contributed by atoms with Crippen molar-refractivity contribution in [2.45, 2.75) is 12.3 Å². The Morgan fingerprint density at radius 1 is 1.47 bits per heavy atom. The first-order chi connectivity index (χ1) is 8.22. The second-order valence-corrected chi connectivity index (χ2v) is 3.91. The number of nitrogens with one attached hydrogen (secondary N) is 2. The third kappa shape index (κ3) is 2.45. The van der Waals surface area contributed by atoms with Gasteiger partial charge in [0.25, 0.3) is 0 Å². The van der Waals surface area contributed by atoms with Gasteiger partial charge in [0.1, 0.15) is 0 Å². The molecule has 0 fully saturated rings. The van der Waals surface area contributed by atoms with Crippen molar-refractivity contribution in [2.75, 3.05) is 18.5 Å². The quantitative estimate of drug-likeness (QED) is 0.700. The molecule has 1 aliphatic rings. The fourth-order valence-electron chi connectivity index (χ4n) is 1.95. The van der Waals surface area contributed by atoms with Crippen LogP contribution in [0, 0.1) is 0 Å². The number of benzene rings is 1. The molecule has 1 aromatic carbocycles. The van der Waals surface area contributed by atoms with E-state index < -0.39 is 5.92 Å². The molecule has 1 aliphatic heterocycles. The van der Waals surface area contributed by atoms with Crippen LogP contribution in [0.2, 0.25) is 0 Å². The van der Waals surface area contributed by atoms with Crippen LogP contribution in [0.1, 0.15) is 17.9 Å². The van der Waals surface area contributed by atoms with E-state index in [9.17, 15) is 9.59 Å². The first-order valence-corrected chi connectivity index (χ1v) is 5.49. The predicted octanol–water partition coefficient (Wildman–Crippen LogP) is 0.221. The SMILES string of the molecule is O=C1CC(C(=O)NCCO)c2ccccc2N1. The topological polar surface area (TPSA) is 78.4 Å². The lowest BCUT2D eigenvalue weighted by Gasteiger charge is -2.24. The van der Waals surface area contributed by atoms with E-state index in [2.05, 4.69) is 10.6 Å². The number of aliphatic hydroxyl groups is 1. The zero-order valence-electron chi connectivity index (χ0n) is 9.27. The third-order valence-electron chi connectivity index (χ3n) is 2.73. The van der Waals surface area contributed by atoms with Gasteiger partial charge in [-0.3, -0.25) is 9.59 Å². The molecule has 17 heavy (non-hydrogen) atoms. The molecule has 2 amide bonds. The number of aliphatic hydroxyl groups excluding tert-OH is 1. The van der Waals surface area contributed by atoms with Crippen LogP contribution < -0.4 is 10.6 Å². The molecule has 0 aliphatic carbocycles. The molecule has 0 spiro atoms. The maximum Gasteiger partial charge on any atom is 0.228 e. The molecule has 1 heterocycles. The highest BCUT2D eigenvalue weighted by Gasteiger charge is 2.29. The normalized spacial score (nSPS) is 18.2. The van der Waals surface area contributed by atoms with Crippen molar-refractivity contribution < 1.29 is 14.7 Å². The molecule has 5 heteroatoms. The highest BCUT2D eigenvalue weighted by Crippen LogP contribution is 2.31. The maximum absolute atomic E-state index is 11.9. The highest BCUT2D eigenvalue weighted by molar-refractivity contribution is 6.01. The number of anilines is 1. The minimum atomic E-state index is -0.466. The lowest BCUT2D eigenvalue weighted by Crippen LogP contribution is -2.36. The highest BCUT2D eigenvalue weighted by atomic mass is 16.3. The number of para-hydroxylation sites is 1. The maximum atomic E-state index is 11.9. The first-order valence-electron chi connectivity index (χ1n) is 5.49. The Morgan fingerprint density at radius 2 is 2.24 bits per heavy atom. The molecule has 1 aromatic rings. The van der Waals surface area contributed by atoms with Crippen molar-refractivity contribution in [3.8, 4) is 0 Å². The van der Waals surface area contributed by atoms with Crippen molar-refractivity contribution in [3.63, 3.8) is 0 Å². The van der Waals surface area contributed by atoms with Gasteiger partial charge in [-0.05, 0) is 11.6 Å². The number of hydrogen-bond donors (Lipinski definition) is 3. The van der Waals surface area contributed by atoms with Crippen LogP contribution in [0.4, 0.5) is 5.69 Å². The first kappa shape index (κ1) is 11.6. The van der Waals surface area contributed by atoms with Crippen LogP contribution in [0.5, 0.6) is 0 Å². The molecule has 2 rings (SSSR count). The van der Waals surface area contributed by atoms with E-state index in [1.807, 2.05) is 18.2 Å². The van der Waals surface area contributed by atoms with Crippen LogP contribution >= 0.6 is 0 Å². The van der Waals surface area contributed by atoms with Crippen LogP contribution in [-0.2, 0) is 9.59 Å². The summed E-state index contributed by atoms with van der Waals surface area (Å²) in [5.74, 6) is -0.847. The van der Waals surface area contributed by atoms with Gasteiger partial charge in [0.2, 0.25) is 11.8 Å². The number of carbonyl (C=O) groups excluding carboxylic acids is 2. The van der Waals surface area contributed by atoms with E-state index in [1.165, 1.54) is 0 Å². The van der Waals surface area contributed by atoms with Crippen LogP contribution in [0.25, 0.3) is 0 Å². The van der Waals surface area contributed by atoms with Crippen molar-refractivity contribution in [1.29, 1.82) is 0 Å². The second-order valence-electron chi connectivity index (χ2n) is 3.91. The minimum Gasteiger partial charge on any atom is -0.395 e. The summed E-state index contributed by atoms with van der Waals surface area (Å²) in [7, 11) is 0. The lowest BCUT2D eigenvalue weighted by atomic mass is 9.90. The molecule has 0 aromatic heterocycles. The standard InChI is InChI=1S/C12H14N2O3/c15-6-5-13-12(17)9-7-11(16)14-10-4-2-1-3-8(9)10/h1-4,9,15H,5-7H2,(H,13,17)(H,14,16). The summed E-state index contributed by atoms with van der Waals surface area (Å²) in [4.78, 5) is 23.3. The molecule has 0 radical (unpaired) electrons. The van der Waals surface area contributed by atoms with Crippen molar-refractivity contribution in [3.05, 3.63) is 29.8 Å². The summed E-state index contributed by atoms with van der Waals surface area (Å²) in [6, 6.07) is 7.26. The van der Waals surface area contributed by atoms with E-state index in [4.69, 9.17) is 5.11 Å². The molecule has 90 valence electrons. The monoisotopic (exact) mass is 234 g/mol. The molecule has 5 nitrogen and oxygen atoms in total. The summed E-state index contributed by atoms with van der Waals surface area (Å²) in [5.41, 5.74) is 1.51. The van der Waals surface area contributed by atoms with Crippen molar-refractivity contribution >= 4 is 17.5 Å². The van der Waals surface area contributed by atoms with E-state index in [0.717, 1.165) is 5.56 Å². The van der Waals surface area contributed by atoms with Gasteiger partial charge in [0.15, 0.2) is 0 Å². The number of fused-ring (bicyclic) bond motifs is 1. The van der Waals surface area contributed by atoms with Crippen LogP contribution in [0.3, 0.4) is 0 Å². The predicted molar refractivity (Wildman–Crippen MR) is 62.5 cm³/mol. The van der Waals surface area contributed by atoms with Crippen molar-refractivity contribution in [2.24, 2.45) is 0 Å². The number of rotatable bonds is 3. The zero-order valence-corrected chi connectivity index (χ0v) is 9.27. The molecular weight excluding hydrogens is 220 g/mol. The fraction of sp³-hybridized carbons (Fsp3) is 0.333. The van der Waals surface area contributed by atoms with Crippen LogP contribution in [0.15, 0.2) is 24.3 Å². The molecule has 0 bridgehead atoms. The summed E-state index contributed by atoms with van der Waals surface area (Å²) in [5, 5.41) is 14.0. The van der Waals surface area contributed by atoms with Gasteiger partial charge in [-0.15, -0.1) is 0 Å². The lowest BCUT2D eigenvalue weighted by molar-refractivity contribution is -0.126. The van der Waals surface area contributed by atoms with Gasteiger partial charge in [-0.1, -0.05) is 18.2 Å². The van der Waals surface area contributed by atoms with E-state index in [-0.39, 0.29) is 31.4 Å². The van der Waals surface area contributed by atoms with Gasteiger partial charge in [-0.2, -0.15) is 0 Å². The van der Waals surface area contributed by atoms with Gasteiger partial charge in [-0.25, -0.2) is 0 Å². The summed E-state index contributed by atoms with van der Waals surface area (Å²) >= 11 is 0. The van der Waals surface area contributed by atoms with Gasteiger partial charge >= 0.3 is 0 Å². The Labute approximate surface area is 98.8 Å². The summed E-state index contributed by atoms with van der Waals surface area (Å²) in [6.07, 6.45) is 0.147. The minimum absolute atomic E-state index is 0.105. The molecule has 1 atom stereocenters. The molecule has 3 N–H and O–H groups in total. The fourth-order valence-corrected chi connectivity index (χ4v) is 1.95. The molecule has 1 unspecified atom stereocenters. The molecule has 0 saturated carbocycles. The Balaban J connectivity index is 2.23. The van der Waals surface area contributed by atoms with E-state index >= 15 is 0 Å². The number of amides is 2. The Bertz CT molecular complexity index is 445.